The molecule has 0 N–H and O–H groups in total. The normalized spacial score (nSPS) is 19.8. The second-order valence-electron chi connectivity index (χ2n) is 8.24. The minimum absolute atomic E-state index is 0.000478. The maximum atomic E-state index is 14.1. The van der Waals surface area contributed by atoms with E-state index in [4.69, 9.17) is 23.2 Å². The number of carbonyl (C=O) groups excluding carboxylic acids is 1. The molecule has 0 spiro atoms. The zero-order chi connectivity index (χ0) is 21.8. The Balaban J connectivity index is 1.84. The molecule has 3 nitrogen and oxygen atoms in total. The number of likely N-dealkylation sites (N-methyl/N-ethyl adjacent to an activating group) is 1. The monoisotopic (exact) mass is 448 g/mol. The fraction of sp³-hybridized carbons (Fsp3) is 0.375. The highest BCUT2D eigenvalue weighted by Crippen LogP contribution is 2.39. The maximum absolute atomic E-state index is 14.1. The predicted molar refractivity (Wildman–Crippen MR) is 124 cm³/mol. The molecule has 6 heteroatoms. The van der Waals surface area contributed by atoms with Crippen LogP contribution >= 0.6 is 23.2 Å². The van der Waals surface area contributed by atoms with Crippen LogP contribution in [0, 0.1) is 17.7 Å². The molecule has 1 fully saturated rings. The van der Waals surface area contributed by atoms with Crippen molar-refractivity contribution in [2.75, 3.05) is 32.1 Å². The van der Waals surface area contributed by atoms with Crippen LogP contribution in [0.15, 0.2) is 42.5 Å². The van der Waals surface area contributed by atoms with E-state index in [1.165, 1.54) is 6.07 Å². The van der Waals surface area contributed by atoms with E-state index in [0.717, 1.165) is 12.1 Å². The van der Waals surface area contributed by atoms with Crippen molar-refractivity contribution in [3.63, 3.8) is 0 Å². The molecule has 2 atom stereocenters. The minimum atomic E-state index is -0.210. The number of benzene rings is 2. The summed E-state index contributed by atoms with van der Waals surface area (Å²) < 4.78 is 14.1. The lowest BCUT2D eigenvalue weighted by molar-refractivity contribution is -0.124. The molecule has 2 aromatic rings. The first-order chi connectivity index (χ1) is 14.3. The van der Waals surface area contributed by atoms with Crippen LogP contribution in [0.3, 0.4) is 0 Å². The first-order valence-corrected chi connectivity index (χ1v) is 10.9. The van der Waals surface area contributed by atoms with Gasteiger partial charge in [-0.3, -0.25) is 4.79 Å². The standard InChI is InChI=1S/C24H27Cl2FN2O/c1-16-11-18(12-19-8-4-5-9-22(19)27)15-29(24(16)30)23-20(25)13-17(14-21(23)26)7-6-10-28(2)3/h4-9,13-14,16,18H,10-12,15H2,1-3H3/b7-6-/t16-,18-/m1/s1. The Labute approximate surface area is 188 Å². The Morgan fingerprint density at radius 3 is 2.50 bits per heavy atom. The fourth-order valence-electron chi connectivity index (χ4n) is 3.95. The average Bonchev–Trinajstić information content (AvgIpc) is 2.66. The second kappa shape index (κ2) is 9.95. The summed E-state index contributed by atoms with van der Waals surface area (Å²) in [5, 5.41) is 0.887. The van der Waals surface area contributed by atoms with Crippen molar-refractivity contribution in [3.8, 4) is 0 Å². The summed E-state index contributed by atoms with van der Waals surface area (Å²) in [5.41, 5.74) is 2.09. The number of hydrogen-bond donors (Lipinski definition) is 0. The number of anilines is 1. The molecule has 0 saturated carbocycles. The van der Waals surface area contributed by atoms with Crippen LogP contribution in [0.25, 0.3) is 6.08 Å². The van der Waals surface area contributed by atoms with Crippen molar-refractivity contribution in [1.29, 1.82) is 0 Å². The first kappa shape index (κ1) is 22.8. The van der Waals surface area contributed by atoms with Crippen LogP contribution in [0.5, 0.6) is 0 Å². The number of piperidine rings is 1. The Bertz CT molecular complexity index is 922. The SMILES string of the molecule is C[C@@H]1C[C@H](Cc2ccccc2F)CN(c2c(Cl)cc(/C=C\CN(C)C)cc2Cl)C1=O. The summed E-state index contributed by atoms with van der Waals surface area (Å²) >= 11 is 13.1. The summed E-state index contributed by atoms with van der Waals surface area (Å²) in [6, 6.07) is 10.5. The van der Waals surface area contributed by atoms with Crippen molar-refractivity contribution < 1.29 is 9.18 Å². The lowest BCUT2D eigenvalue weighted by atomic mass is 9.85. The van der Waals surface area contributed by atoms with Gasteiger partial charge in [0, 0.05) is 19.0 Å². The smallest absolute Gasteiger partial charge is 0.229 e. The third-order valence-electron chi connectivity index (χ3n) is 5.37. The van der Waals surface area contributed by atoms with Gasteiger partial charge in [-0.2, -0.15) is 0 Å². The topological polar surface area (TPSA) is 23.6 Å². The molecule has 0 radical (unpaired) electrons. The van der Waals surface area contributed by atoms with Gasteiger partial charge < -0.3 is 9.80 Å². The molecule has 0 unspecified atom stereocenters. The zero-order valence-electron chi connectivity index (χ0n) is 17.5. The molecular weight excluding hydrogens is 422 g/mol. The van der Waals surface area contributed by atoms with Crippen LogP contribution in [0.1, 0.15) is 24.5 Å². The van der Waals surface area contributed by atoms with Gasteiger partial charge in [0.15, 0.2) is 0 Å². The Morgan fingerprint density at radius 1 is 1.20 bits per heavy atom. The van der Waals surface area contributed by atoms with Gasteiger partial charge >= 0.3 is 0 Å². The number of halogens is 3. The number of rotatable bonds is 6. The van der Waals surface area contributed by atoms with E-state index in [1.807, 2.05) is 51.4 Å². The van der Waals surface area contributed by atoms with Gasteiger partial charge in [-0.15, -0.1) is 0 Å². The third kappa shape index (κ3) is 5.42. The van der Waals surface area contributed by atoms with Gasteiger partial charge in [-0.05, 0) is 62.2 Å². The fourth-order valence-corrected chi connectivity index (χ4v) is 4.66. The molecule has 0 aliphatic carbocycles. The van der Waals surface area contributed by atoms with Crippen LogP contribution < -0.4 is 4.90 Å². The van der Waals surface area contributed by atoms with E-state index in [9.17, 15) is 9.18 Å². The predicted octanol–water partition coefficient (Wildman–Crippen LogP) is 5.94. The van der Waals surface area contributed by atoms with Crippen molar-refractivity contribution in [3.05, 3.63) is 69.5 Å². The van der Waals surface area contributed by atoms with Gasteiger partial charge in [0.2, 0.25) is 5.91 Å². The van der Waals surface area contributed by atoms with Crippen LogP contribution in [0.4, 0.5) is 10.1 Å². The average molecular weight is 449 g/mol. The largest absolute Gasteiger partial charge is 0.309 e. The molecule has 1 heterocycles. The van der Waals surface area contributed by atoms with Crippen molar-refractivity contribution in [1.82, 2.24) is 4.90 Å². The van der Waals surface area contributed by atoms with Gasteiger partial charge in [0.1, 0.15) is 5.82 Å². The minimum Gasteiger partial charge on any atom is -0.309 e. The van der Waals surface area contributed by atoms with E-state index in [0.29, 0.717) is 40.7 Å². The number of hydrogen-bond acceptors (Lipinski definition) is 2. The van der Waals surface area contributed by atoms with Crippen molar-refractivity contribution >= 4 is 40.9 Å². The van der Waals surface area contributed by atoms with Gasteiger partial charge in [0.25, 0.3) is 0 Å². The molecule has 1 saturated heterocycles. The van der Waals surface area contributed by atoms with E-state index in [1.54, 1.807) is 17.0 Å². The molecule has 1 aliphatic rings. The molecule has 3 rings (SSSR count). The zero-order valence-corrected chi connectivity index (χ0v) is 19.1. The Hall–Kier alpha value is -1.88. The van der Waals surface area contributed by atoms with E-state index >= 15 is 0 Å². The molecule has 1 amide bonds. The van der Waals surface area contributed by atoms with Gasteiger partial charge in [-0.1, -0.05) is 60.5 Å². The number of amides is 1. The highest BCUT2D eigenvalue weighted by Gasteiger charge is 2.34. The summed E-state index contributed by atoms with van der Waals surface area (Å²) in [7, 11) is 3.99. The molecule has 160 valence electrons. The number of nitrogens with zero attached hydrogens (tertiary/aromatic N) is 2. The first-order valence-electron chi connectivity index (χ1n) is 10.1. The lowest BCUT2D eigenvalue weighted by Gasteiger charge is -2.37. The summed E-state index contributed by atoms with van der Waals surface area (Å²) in [6.07, 6.45) is 5.27. The van der Waals surface area contributed by atoms with E-state index in [2.05, 4.69) is 4.90 Å². The van der Waals surface area contributed by atoms with Crippen LogP contribution in [0.2, 0.25) is 10.0 Å². The van der Waals surface area contributed by atoms with Crippen LogP contribution in [-0.4, -0.2) is 38.0 Å². The highest BCUT2D eigenvalue weighted by molar-refractivity contribution is 6.40. The molecule has 2 aromatic carbocycles. The van der Waals surface area contributed by atoms with E-state index in [-0.39, 0.29) is 23.6 Å². The highest BCUT2D eigenvalue weighted by atomic mass is 35.5. The van der Waals surface area contributed by atoms with Gasteiger partial charge in [-0.25, -0.2) is 4.39 Å². The Kier molecular flexibility index (Phi) is 7.56. The summed E-state index contributed by atoms with van der Waals surface area (Å²) in [5.74, 6) is -0.262. The van der Waals surface area contributed by atoms with Crippen molar-refractivity contribution in [2.45, 2.75) is 19.8 Å². The van der Waals surface area contributed by atoms with Crippen LogP contribution in [-0.2, 0) is 11.2 Å². The molecule has 0 bridgehead atoms. The molecule has 30 heavy (non-hydrogen) atoms. The second-order valence-corrected chi connectivity index (χ2v) is 9.06. The van der Waals surface area contributed by atoms with Gasteiger partial charge in [0.05, 0.1) is 15.7 Å². The Morgan fingerprint density at radius 2 is 1.87 bits per heavy atom. The quantitative estimate of drug-likeness (QED) is 0.545. The third-order valence-corrected chi connectivity index (χ3v) is 5.95. The summed E-state index contributed by atoms with van der Waals surface area (Å²) in [4.78, 5) is 16.7. The summed E-state index contributed by atoms with van der Waals surface area (Å²) in [6.45, 7) is 3.17. The molecule has 1 aliphatic heterocycles. The number of carbonyl (C=O) groups is 1. The lowest BCUT2D eigenvalue weighted by Crippen LogP contribution is -2.45. The molecular formula is C24H27Cl2FN2O. The van der Waals surface area contributed by atoms with Crippen molar-refractivity contribution in [2.24, 2.45) is 11.8 Å². The van der Waals surface area contributed by atoms with E-state index < -0.39 is 0 Å². The maximum Gasteiger partial charge on any atom is 0.229 e. The molecule has 0 aromatic heterocycles.